The van der Waals surface area contributed by atoms with E-state index >= 15 is 0 Å². The zero-order chi connectivity index (χ0) is 20.4. The van der Waals surface area contributed by atoms with Gasteiger partial charge in [0.15, 0.2) is 5.60 Å². The highest BCUT2D eigenvalue weighted by molar-refractivity contribution is 7.89. The molecule has 0 aromatic heterocycles. The second-order valence-electron chi connectivity index (χ2n) is 5.82. The minimum absolute atomic E-state index is 0.259. The molecule has 0 radical (unpaired) electrons. The van der Waals surface area contributed by atoms with Gasteiger partial charge in [-0.1, -0.05) is 0 Å². The Morgan fingerprint density at radius 1 is 1.19 bits per heavy atom. The van der Waals surface area contributed by atoms with E-state index in [0.29, 0.717) is 17.1 Å². The molecule has 0 saturated carbocycles. The van der Waals surface area contributed by atoms with Crippen LogP contribution in [0.4, 0.5) is 0 Å². The highest BCUT2D eigenvalue weighted by atomic mass is 32.2. The van der Waals surface area contributed by atoms with Gasteiger partial charge in [-0.2, -0.15) is 0 Å². The number of Topliss-reactive ketones (excluding diaryl/α,β-unsaturated/α-hetero) is 1. The minimum atomic E-state index is -3.78. The van der Waals surface area contributed by atoms with Crippen LogP contribution >= 0.6 is 0 Å². The molecule has 1 N–H and O–H groups in total. The number of carbonyl (C=O) groups is 2. The maximum atomic E-state index is 13.0. The topological polar surface area (TPSA) is 117 Å². The third-order valence-electron chi connectivity index (χ3n) is 3.93. The van der Waals surface area contributed by atoms with Crippen molar-refractivity contribution < 1.29 is 37.0 Å². The number of ketones is 1. The highest BCUT2D eigenvalue weighted by Gasteiger charge is 2.50. The summed E-state index contributed by atoms with van der Waals surface area (Å²) in [6.45, 7) is 3.94. The van der Waals surface area contributed by atoms with Crippen LogP contribution in [-0.4, -0.2) is 40.1 Å². The fourth-order valence-electron chi connectivity index (χ4n) is 2.41. The van der Waals surface area contributed by atoms with E-state index in [2.05, 4.69) is 4.72 Å². The molecular weight excluding hydrogens is 378 g/mol. The molecule has 1 aromatic rings. The molecule has 0 bridgehead atoms. The Kier molecular flexibility index (Phi) is 5.69. The van der Waals surface area contributed by atoms with Crippen molar-refractivity contribution in [2.75, 3.05) is 20.0 Å². The molecule has 0 fully saturated rings. The van der Waals surface area contributed by atoms with E-state index < -0.39 is 39.0 Å². The first-order chi connectivity index (χ1) is 12.6. The van der Waals surface area contributed by atoms with Crippen molar-refractivity contribution in [3.05, 3.63) is 35.4 Å². The molecule has 1 heterocycles. The van der Waals surface area contributed by atoms with E-state index in [1.807, 2.05) is 0 Å². The van der Waals surface area contributed by atoms with E-state index in [4.69, 9.17) is 18.9 Å². The quantitative estimate of drug-likeness (QED) is 0.680. The molecule has 0 spiro atoms. The summed E-state index contributed by atoms with van der Waals surface area (Å²) >= 11 is 0. The molecule has 1 atom stereocenters. The molecule has 0 aliphatic carbocycles. The molecular formula is C17H21NO8S. The van der Waals surface area contributed by atoms with Crippen LogP contribution in [0.1, 0.15) is 26.3 Å². The Morgan fingerprint density at radius 2 is 1.74 bits per heavy atom. The van der Waals surface area contributed by atoms with Crippen LogP contribution in [0.3, 0.4) is 0 Å². The number of nitrogens with one attached hydrogen (secondary N) is 1. The van der Waals surface area contributed by atoms with Gasteiger partial charge in [0.05, 0.1) is 20.0 Å². The summed E-state index contributed by atoms with van der Waals surface area (Å²) in [4.78, 5) is 24.4. The second-order valence-corrected chi connectivity index (χ2v) is 7.83. The smallest absolute Gasteiger partial charge is 0.308 e. The third kappa shape index (κ3) is 4.16. The van der Waals surface area contributed by atoms with Crippen LogP contribution in [0.5, 0.6) is 11.5 Å². The maximum absolute atomic E-state index is 13.0. The van der Waals surface area contributed by atoms with Gasteiger partial charge in [-0.25, -0.2) is 8.42 Å². The normalized spacial score (nSPS) is 19.5. The van der Waals surface area contributed by atoms with Crippen LogP contribution in [-0.2, 0) is 34.7 Å². The molecule has 0 saturated heterocycles. The van der Waals surface area contributed by atoms with E-state index in [1.165, 1.54) is 28.1 Å². The molecule has 1 unspecified atom stereocenters. The lowest BCUT2D eigenvalue weighted by molar-refractivity contribution is -0.142. The average molecular weight is 399 g/mol. The molecule has 1 aliphatic heterocycles. The fourth-order valence-corrected chi connectivity index (χ4v) is 2.97. The van der Waals surface area contributed by atoms with Crippen LogP contribution in [0.2, 0.25) is 0 Å². The molecule has 10 heteroatoms. The van der Waals surface area contributed by atoms with Gasteiger partial charge in [0, 0.05) is 18.6 Å². The fraction of sp³-hybridized carbons (Fsp3) is 0.412. The first-order valence-electron chi connectivity index (χ1n) is 7.96. The summed E-state index contributed by atoms with van der Waals surface area (Å²) in [6.07, 6.45) is 0. The first kappa shape index (κ1) is 20.6. The van der Waals surface area contributed by atoms with E-state index in [-0.39, 0.29) is 5.75 Å². The molecule has 0 amide bonds. The lowest BCUT2D eigenvalue weighted by atomic mass is 9.91. The Hall–Kier alpha value is -2.75. The van der Waals surface area contributed by atoms with E-state index in [9.17, 15) is 18.0 Å². The highest BCUT2D eigenvalue weighted by Crippen LogP contribution is 2.41. The van der Waals surface area contributed by atoms with Crippen molar-refractivity contribution in [3.8, 4) is 11.5 Å². The standard InChI is InChI=1S/C17H21NO8S/c1-6-27(21,22)18-16-14(25-10(2)19)15(20)17(3,26-16)11-7-12(23-4)9-13(8-11)24-5/h7-9,18H,6H2,1-5H3. The SMILES string of the molecule is CCS(=O)(=O)NC1=C(OC(C)=O)C(=O)C(C)(c2cc(OC)cc(OC)c2)O1. The second kappa shape index (κ2) is 7.47. The average Bonchev–Trinajstić information content (AvgIpc) is 2.85. The monoisotopic (exact) mass is 399 g/mol. The lowest BCUT2D eigenvalue weighted by Crippen LogP contribution is -2.32. The maximum Gasteiger partial charge on any atom is 0.308 e. The Morgan fingerprint density at radius 3 is 2.19 bits per heavy atom. The van der Waals surface area contributed by atoms with Gasteiger partial charge >= 0.3 is 5.97 Å². The number of hydrogen-bond donors (Lipinski definition) is 1. The number of carbonyl (C=O) groups excluding carboxylic acids is 2. The Labute approximate surface area is 157 Å². The van der Waals surface area contributed by atoms with Gasteiger partial charge < -0.3 is 18.9 Å². The zero-order valence-corrected chi connectivity index (χ0v) is 16.4. The van der Waals surface area contributed by atoms with Gasteiger partial charge in [0.2, 0.25) is 21.7 Å². The minimum Gasteiger partial charge on any atom is -0.497 e. The number of benzene rings is 1. The molecule has 2 rings (SSSR count). The van der Waals surface area contributed by atoms with Crippen molar-refractivity contribution >= 4 is 21.8 Å². The largest absolute Gasteiger partial charge is 0.497 e. The lowest BCUT2D eigenvalue weighted by Gasteiger charge is -2.24. The summed E-state index contributed by atoms with van der Waals surface area (Å²) in [6, 6.07) is 4.69. The summed E-state index contributed by atoms with van der Waals surface area (Å²) in [5.74, 6) is -1.92. The van der Waals surface area contributed by atoms with Crippen molar-refractivity contribution in [1.82, 2.24) is 4.72 Å². The number of esters is 1. The van der Waals surface area contributed by atoms with Gasteiger partial charge in [-0.05, 0) is 26.0 Å². The van der Waals surface area contributed by atoms with Crippen molar-refractivity contribution in [2.45, 2.75) is 26.4 Å². The summed E-state index contributed by atoms with van der Waals surface area (Å²) < 4.78 is 47.0. The van der Waals surface area contributed by atoms with Gasteiger partial charge in [-0.3, -0.25) is 14.3 Å². The van der Waals surface area contributed by atoms with Crippen LogP contribution in [0.25, 0.3) is 0 Å². The predicted octanol–water partition coefficient (Wildman–Crippen LogP) is 1.19. The van der Waals surface area contributed by atoms with Crippen molar-refractivity contribution in [1.29, 1.82) is 0 Å². The number of rotatable bonds is 7. The van der Waals surface area contributed by atoms with E-state index in [0.717, 1.165) is 6.92 Å². The van der Waals surface area contributed by atoms with Crippen molar-refractivity contribution in [2.24, 2.45) is 0 Å². The molecule has 1 aromatic carbocycles. The zero-order valence-electron chi connectivity index (χ0n) is 15.6. The molecule has 9 nitrogen and oxygen atoms in total. The number of hydrogen-bond acceptors (Lipinski definition) is 8. The van der Waals surface area contributed by atoms with Gasteiger partial charge in [-0.15, -0.1) is 0 Å². The number of sulfonamides is 1. The number of methoxy groups -OCH3 is 2. The molecule has 148 valence electrons. The van der Waals surface area contributed by atoms with Crippen LogP contribution in [0.15, 0.2) is 29.8 Å². The van der Waals surface area contributed by atoms with Gasteiger partial charge in [0.25, 0.3) is 5.78 Å². The van der Waals surface area contributed by atoms with E-state index in [1.54, 1.807) is 18.2 Å². The predicted molar refractivity (Wildman–Crippen MR) is 94.4 cm³/mol. The summed E-state index contributed by atoms with van der Waals surface area (Å²) in [5, 5.41) is 0. The Balaban J connectivity index is 2.54. The summed E-state index contributed by atoms with van der Waals surface area (Å²) in [5.41, 5.74) is -1.32. The summed E-state index contributed by atoms with van der Waals surface area (Å²) in [7, 11) is -0.887. The molecule has 1 aliphatic rings. The van der Waals surface area contributed by atoms with Crippen LogP contribution < -0.4 is 14.2 Å². The number of ether oxygens (including phenoxy) is 4. The van der Waals surface area contributed by atoms with Gasteiger partial charge in [0.1, 0.15) is 11.5 Å². The first-order valence-corrected chi connectivity index (χ1v) is 9.62. The van der Waals surface area contributed by atoms with Crippen molar-refractivity contribution in [3.63, 3.8) is 0 Å². The third-order valence-corrected chi connectivity index (χ3v) is 5.18. The Bertz CT molecular complexity index is 883. The van der Waals surface area contributed by atoms with Crippen LogP contribution in [0, 0.1) is 0 Å². The molecule has 27 heavy (non-hydrogen) atoms.